The molecule has 0 unspecified atom stereocenters. The summed E-state index contributed by atoms with van der Waals surface area (Å²) < 4.78 is 5.05. The summed E-state index contributed by atoms with van der Waals surface area (Å²) in [6, 6.07) is 60.0. The van der Waals surface area contributed by atoms with Gasteiger partial charge in [-0.1, -0.05) is 112 Å². The summed E-state index contributed by atoms with van der Waals surface area (Å²) >= 11 is 1.86. The van der Waals surface area contributed by atoms with Gasteiger partial charge in [0.25, 0.3) is 0 Å². The first-order chi connectivity index (χ1) is 23.9. The molecule has 0 aliphatic rings. The van der Waals surface area contributed by atoms with Crippen LogP contribution in [0.1, 0.15) is 26.3 Å². The number of fused-ring (bicyclic) bond motifs is 6. The predicted octanol–water partition coefficient (Wildman–Crippen LogP) is 13.6. The summed E-state index contributed by atoms with van der Waals surface area (Å²) in [7, 11) is 0. The Kier molecular flexibility index (Phi) is 6.93. The molecule has 0 amide bonds. The third-order valence-corrected chi connectivity index (χ3v) is 10.9. The van der Waals surface area contributed by atoms with E-state index >= 15 is 0 Å². The van der Waals surface area contributed by atoms with Gasteiger partial charge in [0.15, 0.2) is 0 Å². The number of rotatable bonds is 5. The first-order valence-corrected chi connectivity index (χ1v) is 17.8. The zero-order valence-electron chi connectivity index (χ0n) is 27.9. The molecular weight excluding hydrogens is 613 g/mol. The molecule has 49 heavy (non-hydrogen) atoms. The van der Waals surface area contributed by atoms with Gasteiger partial charge in [-0.15, -0.1) is 11.3 Å². The van der Waals surface area contributed by atoms with Crippen LogP contribution in [-0.2, 0) is 5.41 Å². The molecule has 0 aliphatic heterocycles. The molecule has 0 fully saturated rings. The number of aromatic nitrogens is 1. The van der Waals surface area contributed by atoms with Crippen molar-refractivity contribution in [3.63, 3.8) is 0 Å². The minimum atomic E-state index is 0.0603. The van der Waals surface area contributed by atoms with E-state index in [4.69, 9.17) is 0 Å². The predicted molar refractivity (Wildman–Crippen MR) is 212 cm³/mol. The minimum Gasteiger partial charge on any atom is -0.310 e. The van der Waals surface area contributed by atoms with Crippen molar-refractivity contribution in [2.45, 2.75) is 26.2 Å². The zero-order chi connectivity index (χ0) is 33.1. The highest BCUT2D eigenvalue weighted by atomic mass is 32.1. The van der Waals surface area contributed by atoms with Gasteiger partial charge < -0.3 is 9.47 Å². The molecule has 2 heterocycles. The van der Waals surface area contributed by atoms with E-state index in [1.807, 2.05) is 11.3 Å². The van der Waals surface area contributed by atoms with Gasteiger partial charge in [0, 0.05) is 53.7 Å². The van der Waals surface area contributed by atoms with E-state index in [1.165, 1.54) is 58.7 Å². The summed E-state index contributed by atoms with van der Waals surface area (Å²) in [5.74, 6) is 0. The summed E-state index contributed by atoms with van der Waals surface area (Å²) in [6.07, 6.45) is 0. The number of thiophene rings is 1. The summed E-state index contributed by atoms with van der Waals surface area (Å²) in [4.78, 5) is 2.38. The lowest BCUT2D eigenvalue weighted by atomic mass is 9.86. The smallest absolute Gasteiger partial charge is 0.0544 e. The lowest BCUT2D eigenvalue weighted by molar-refractivity contribution is 0.591. The molecule has 9 aromatic rings. The molecule has 0 saturated carbocycles. The van der Waals surface area contributed by atoms with Crippen LogP contribution < -0.4 is 4.90 Å². The van der Waals surface area contributed by atoms with Crippen LogP contribution >= 0.6 is 11.3 Å². The van der Waals surface area contributed by atoms with Crippen molar-refractivity contribution in [3.8, 4) is 16.8 Å². The maximum absolute atomic E-state index is 2.42. The monoisotopic (exact) mass is 648 g/mol. The highest BCUT2D eigenvalue weighted by Gasteiger charge is 2.19. The Balaban J connectivity index is 1.20. The molecule has 2 nitrogen and oxygen atoms in total. The highest BCUT2D eigenvalue weighted by molar-refractivity contribution is 7.25. The van der Waals surface area contributed by atoms with Crippen LogP contribution in [0.3, 0.4) is 0 Å². The van der Waals surface area contributed by atoms with Gasteiger partial charge in [-0.25, -0.2) is 0 Å². The van der Waals surface area contributed by atoms with E-state index in [2.05, 4.69) is 194 Å². The summed E-state index contributed by atoms with van der Waals surface area (Å²) in [6.45, 7) is 6.85. The molecule has 3 heteroatoms. The number of benzene rings is 7. The first-order valence-electron chi connectivity index (χ1n) is 16.9. The molecule has 2 aromatic heterocycles. The molecule has 0 bridgehead atoms. The molecule has 236 valence electrons. The number of anilines is 3. The molecule has 0 atom stereocenters. The number of nitrogens with zero attached hydrogens (tertiary/aromatic N) is 2. The third kappa shape index (κ3) is 5.10. The molecule has 7 aromatic carbocycles. The van der Waals surface area contributed by atoms with Gasteiger partial charge in [-0.05, 0) is 94.9 Å². The molecule has 0 saturated heterocycles. The van der Waals surface area contributed by atoms with Crippen LogP contribution in [0.15, 0.2) is 164 Å². The van der Waals surface area contributed by atoms with Crippen molar-refractivity contribution >= 4 is 70.4 Å². The Morgan fingerprint density at radius 3 is 1.80 bits per heavy atom. The Hall–Kier alpha value is -5.64. The van der Waals surface area contributed by atoms with E-state index in [0.29, 0.717) is 0 Å². The topological polar surface area (TPSA) is 8.17 Å². The highest BCUT2D eigenvalue weighted by Crippen LogP contribution is 2.42. The van der Waals surface area contributed by atoms with Crippen LogP contribution in [0.2, 0.25) is 0 Å². The van der Waals surface area contributed by atoms with Crippen molar-refractivity contribution in [1.29, 1.82) is 0 Å². The van der Waals surface area contributed by atoms with Crippen LogP contribution in [0.25, 0.3) is 58.8 Å². The van der Waals surface area contributed by atoms with Crippen molar-refractivity contribution < 1.29 is 0 Å². The average Bonchev–Trinajstić information content (AvgIpc) is 3.68. The quantitative estimate of drug-likeness (QED) is 0.180. The van der Waals surface area contributed by atoms with Crippen LogP contribution in [0.5, 0.6) is 0 Å². The van der Waals surface area contributed by atoms with E-state index < -0.39 is 0 Å². The number of para-hydroxylation sites is 1. The average molecular weight is 649 g/mol. The van der Waals surface area contributed by atoms with Gasteiger partial charge in [0.1, 0.15) is 0 Å². The molecule has 0 spiro atoms. The second-order valence-corrected chi connectivity index (χ2v) is 15.0. The van der Waals surface area contributed by atoms with E-state index in [0.717, 1.165) is 22.7 Å². The number of hydrogen-bond donors (Lipinski definition) is 0. The standard InChI is InChI=1S/C46H36N2S/c1-46(2,3)33-19-27-39-38-13-7-9-15-42(38)48(43(39)29-33)36-24-22-35(23-25-36)47(34-20-17-32(18-21-34)31-11-5-4-6-12-31)37-26-28-45-41(30-37)40-14-8-10-16-44(40)49-45/h4-30H,1-3H3. The Labute approximate surface area is 291 Å². The summed E-state index contributed by atoms with van der Waals surface area (Å²) in [5.41, 5.74) is 10.8. The van der Waals surface area contributed by atoms with Crippen molar-refractivity contribution in [3.05, 3.63) is 169 Å². The second kappa shape index (κ2) is 11.5. The van der Waals surface area contributed by atoms with Gasteiger partial charge in [-0.2, -0.15) is 0 Å². The van der Waals surface area contributed by atoms with E-state index in [-0.39, 0.29) is 5.41 Å². The molecule has 0 aliphatic carbocycles. The zero-order valence-corrected chi connectivity index (χ0v) is 28.7. The summed E-state index contributed by atoms with van der Waals surface area (Å²) in [5, 5.41) is 5.16. The van der Waals surface area contributed by atoms with Gasteiger partial charge in [-0.3, -0.25) is 0 Å². The van der Waals surface area contributed by atoms with Gasteiger partial charge in [0.2, 0.25) is 0 Å². The lowest BCUT2D eigenvalue weighted by Gasteiger charge is -2.26. The Morgan fingerprint density at radius 2 is 1.04 bits per heavy atom. The molecule has 0 radical (unpaired) electrons. The van der Waals surface area contributed by atoms with Gasteiger partial charge >= 0.3 is 0 Å². The van der Waals surface area contributed by atoms with Crippen LogP contribution in [0.4, 0.5) is 17.1 Å². The molecule has 0 N–H and O–H groups in total. The molecular formula is C46H36N2S. The van der Waals surface area contributed by atoms with Crippen molar-refractivity contribution in [1.82, 2.24) is 4.57 Å². The normalized spacial score (nSPS) is 12.0. The minimum absolute atomic E-state index is 0.0603. The molecule has 9 rings (SSSR count). The Morgan fingerprint density at radius 1 is 0.449 bits per heavy atom. The van der Waals surface area contributed by atoms with E-state index in [9.17, 15) is 0 Å². The van der Waals surface area contributed by atoms with E-state index in [1.54, 1.807) is 0 Å². The van der Waals surface area contributed by atoms with Crippen LogP contribution in [-0.4, -0.2) is 4.57 Å². The SMILES string of the molecule is CC(C)(C)c1ccc2c3ccccc3n(-c3ccc(N(c4ccc(-c5ccccc5)cc4)c4ccc5sc6ccccc6c5c4)cc3)c2c1. The second-order valence-electron chi connectivity index (χ2n) is 13.9. The first kappa shape index (κ1) is 29.5. The van der Waals surface area contributed by atoms with Crippen molar-refractivity contribution in [2.75, 3.05) is 4.90 Å². The maximum Gasteiger partial charge on any atom is 0.0544 e. The van der Waals surface area contributed by atoms with Crippen molar-refractivity contribution in [2.24, 2.45) is 0 Å². The number of hydrogen-bond acceptors (Lipinski definition) is 2. The fourth-order valence-corrected chi connectivity index (χ4v) is 8.29. The lowest BCUT2D eigenvalue weighted by Crippen LogP contribution is -2.11. The fraction of sp³-hybridized carbons (Fsp3) is 0.0870. The maximum atomic E-state index is 2.42. The van der Waals surface area contributed by atoms with Gasteiger partial charge in [0.05, 0.1) is 11.0 Å². The largest absolute Gasteiger partial charge is 0.310 e. The Bertz CT molecular complexity index is 2620. The third-order valence-electron chi connectivity index (χ3n) is 9.76. The van der Waals surface area contributed by atoms with Crippen LogP contribution in [0, 0.1) is 0 Å². The fourth-order valence-electron chi connectivity index (χ4n) is 7.20.